The Morgan fingerprint density at radius 3 is 2.64 bits per heavy atom. The van der Waals surface area contributed by atoms with Crippen molar-refractivity contribution in [1.82, 2.24) is 0 Å². The van der Waals surface area contributed by atoms with E-state index in [-0.39, 0.29) is 0 Å². The summed E-state index contributed by atoms with van der Waals surface area (Å²) < 4.78 is 0.503. The highest BCUT2D eigenvalue weighted by atomic mass is 32.2. The average molecular weight is 166 g/mol. The van der Waals surface area contributed by atoms with Crippen molar-refractivity contribution in [2.75, 3.05) is 0 Å². The van der Waals surface area contributed by atoms with E-state index in [9.17, 15) is 0 Å². The number of allylic oxidation sites excluding steroid dienone is 3. The summed E-state index contributed by atoms with van der Waals surface area (Å²) in [7, 11) is 0. The van der Waals surface area contributed by atoms with Gasteiger partial charge in [-0.05, 0) is 18.9 Å². The molecule has 1 rings (SSSR count). The highest BCUT2D eigenvalue weighted by Crippen LogP contribution is 2.50. The average Bonchev–Trinajstić information content (AvgIpc) is 2.63. The predicted molar refractivity (Wildman–Crippen MR) is 53.7 cm³/mol. The van der Waals surface area contributed by atoms with Crippen molar-refractivity contribution in [3.63, 3.8) is 0 Å². The summed E-state index contributed by atoms with van der Waals surface area (Å²) in [5, 5.41) is 0. The van der Waals surface area contributed by atoms with Crippen LogP contribution in [0, 0.1) is 0 Å². The van der Waals surface area contributed by atoms with E-state index in [1.807, 2.05) is 23.9 Å². The number of hydrogen-bond donors (Lipinski definition) is 0. The number of rotatable bonds is 4. The zero-order valence-corrected chi connectivity index (χ0v) is 7.79. The van der Waals surface area contributed by atoms with Gasteiger partial charge in [0.25, 0.3) is 0 Å². The highest BCUT2D eigenvalue weighted by molar-refractivity contribution is 8.04. The van der Waals surface area contributed by atoms with E-state index in [4.69, 9.17) is 0 Å². The lowest BCUT2D eigenvalue weighted by Gasteiger charge is -2.05. The number of thioether (sulfide) groups is 1. The van der Waals surface area contributed by atoms with Gasteiger partial charge in [-0.15, -0.1) is 11.8 Å². The SMILES string of the molecule is C=C/C=C\C(=C)SC1(C)CC1. The zero-order chi connectivity index (χ0) is 8.32. The van der Waals surface area contributed by atoms with Crippen molar-refractivity contribution < 1.29 is 0 Å². The summed E-state index contributed by atoms with van der Waals surface area (Å²) in [6.07, 6.45) is 8.39. The minimum absolute atomic E-state index is 0.503. The third-order valence-electron chi connectivity index (χ3n) is 1.75. The summed E-state index contributed by atoms with van der Waals surface area (Å²) in [6, 6.07) is 0. The van der Waals surface area contributed by atoms with Gasteiger partial charge in [0.15, 0.2) is 0 Å². The lowest BCUT2D eigenvalue weighted by Crippen LogP contribution is -1.91. The third-order valence-corrected chi connectivity index (χ3v) is 3.05. The maximum atomic E-state index is 3.95. The van der Waals surface area contributed by atoms with E-state index in [2.05, 4.69) is 20.1 Å². The topological polar surface area (TPSA) is 0 Å². The molecule has 1 aliphatic rings. The normalized spacial score (nSPS) is 20.1. The summed E-state index contributed by atoms with van der Waals surface area (Å²) >= 11 is 1.88. The molecule has 0 aromatic rings. The van der Waals surface area contributed by atoms with Crippen LogP contribution in [0.4, 0.5) is 0 Å². The Kier molecular flexibility index (Phi) is 2.61. The van der Waals surface area contributed by atoms with Crippen molar-refractivity contribution in [2.45, 2.75) is 24.5 Å². The lowest BCUT2D eigenvalue weighted by molar-refractivity contribution is 1.06. The Morgan fingerprint density at radius 1 is 1.55 bits per heavy atom. The lowest BCUT2D eigenvalue weighted by atomic mass is 10.5. The predicted octanol–water partition coefficient (Wildman–Crippen LogP) is 3.53. The Bertz CT molecular complexity index is 197. The van der Waals surface area contributed by atoms with Crippen LogP contribution in [0.1, 0.15) is 19.8 Å². The Balaban J connectivity index is 2.31. The van der Waals surface area contributed by atoms with Crippen LogP contribution in [0.5, 0.6) is 0 Å². The summed E-state index contributed by atoms with van der Waals surface area (Å²) in [5.74, 6) is 0. The van der Waals surface area contributed by atoms with E-state index in [1.54, 1.807) is 6.08 Å². The molecule has 0 N–H and O–H groups in total. The van der Waals surface area contributed by atoms with Crippen LogP contribution in [-0.4, -0.2) is 4.75 Å². The van der Waals surface area contributed by atoms with E-state index in [0.29, 0.717) is 4.75 Å². The second-order valence-corrected chi connectivity index (χ2v) is 4.83. The molecule has 0 bridgehead atoms. The van der Waals surface area contributed by atoms with Crippen molar-refractivity contribution in [3.8, 4) is 0 Å². The van der Waals surface area contributed by atoms with Gasteiger partial charge in [0, 0.05) is 9.65 Å². The van der Waals surface area contributed by atoms with E-state index < -0.39 is 0 Å². The standard InChI is InChI=1S/C10H14S/c1-4-5-6-9(2)11-10(3)7-8-10/h4-6H,1-2,7-8H2,3H3/b6-5-. The van der Waals surface area contributed by atoms with Crippen molar-refractivity contribution in [3.05, 3.63) is 36.3 Å². The molecule has 0 saturated heterocycles. The summed E-state index contributed by atoms with van der Waals surface area (Å²) in [5.41, 5.74) is 0. The van der Waals surface area contributed by atoms with Gasteiger partial charge in [-0.25, -0.2) is 0 Å². The van der Waals surface area contributed by atoms with Gasteiger partial charge in [-0.2, -0.15) is 0 Å². The van der Waals surface area contributed by atoms with Crippen LogP contribution in [0.3, 0.4) is 0 Å². The largest absolute Gasteiger partial charge is 0.120 e. The molecule has 0 aromatic heterocycles. The molecule has 1 heteroatoms. The Labute approximate surface area is 73.1 Å². The molecule has 1 saturated carbocycles. The van der Waals surface area contributed by atoms with Gasteiger partial charge in [-0.3, -0.25) is 0 Å². The van der Waals surface area contributed by atoms with Gasteiger partial charge in [0.05, 0.1) is 0 Å². The maximum Gasteiger partial charge on any atom is 0.0179 e. The fourth-order valence-corrected chi connectivity index (χ4v) is 1.89. The molecule has 60 valence electrons. The molecule has 1 fully saturated rings. The van der Waals surface area contributed by atoms with Gasteiger partial charge in [0.2, 0.25) is 0 Å². The minimum atomic E-state index is 0.503. The van der Waals surface area contributed by atoms with Gasteiger partial charge in [0.1, 0.15) is 0 Å². The molecule has 0 atom stereocenters. The van der Waals surface area contributed by atoms with Crippen LogP contribution < -0.4 is 0 Å². The van der Waals surface area contributed by atoms with Gasteiger partial charge >= 0.3 is 0 Å². The first kappa shape index (κ1) is 8.66. The fourth-order valence-electron chi connectivity index (χ4n) is 0.804. The Morgan fingerprint density at radius 2 is 2.18 bits per heavy atom. The summed E-state index contributed by atoms with van der Waals surface area (Å²) in [4.78, 5) is 1.14. The molecular weight excluding hydrogens is 152 g/mol. The van der Waals surface area contributed by atoms with Crippen LogP contribution in [-0.2, 0) is 0 Å². The molecule has 0 amide bonds. The molecule has 0 heterocycles. The first-order chi connectivity index (χ1) is 5.16. The monoisotopic (exact) mass is 166 g/mol. The second-order valence-electron chi connectivity index (χ2n) is 3.11. The molecule has 11 heavy (non-hydrogen) atoms. The quantitative estimate of drug-likeness (QED) is 0.576. The molecule has 0 unspecified atom stereocenters. The van der Waals surface area contributed by atoms with Crippen molar-refractivity contribution in [2.24, 2.45) is 0 Å². The first-order valence-electron chi connectivity index (χ1n) is 3.83. The molecule has 0 aliphatic heterocycles. The fraction of sp³-hybridized carbons (Fsp3) is 0.400. The van der Waals surface area contributed by atoms with Crippen LogP contribution >= 0.6 is 11.8 Å². The van der Waals surface area contributed by atoms with E-state index in [0.717, 1.165) is 4.91 Å². The van der Waals surface area contributed by atoms with E-state index in [1.165, 1.54) is 12.8 Å². The molecule has 0 nitrogen and oxygen atoms in total. The first-order valence-corrected chi connectivity index (χ1v) is 4.65. The molecule has 1 aliphatic carbocycles. The molecule has 0 spiro atoms. The van der Waals surface area contributed by atoms with Crippen LogP contribution in [0.25, 0.3) is 0 Å². The van der Waals surface area contributed by atoms with Crippen molar-refractivity contribution >= 4 is 11.8 Å². The van der Waals surface area contributed by atoms with Gasteiger partial charge < -0.3 is 0 Å². The molecular formula is C10H14S. The zero-order valence-electron chi connectivity index (χ0n) is 6.97. The Hall–Kier alpha value is -0.430. The van der Waals surface area contributed by atoms with Crippen LogP contribution in [0.2, 0.25) is 0 Å². The summed E-state index contributed by atoms with van der Waals surface area (Å²) in [6.45, 7) is 9.84. The van der Waals surface area contributed by atoms with Crippen molar-refractivity contribution in [1.29, 1.82) is 0 Å². The molecule has 0 aromatic carbocycles. The van der Waals surface area contributed by atoms with Crippen LogP contribution in [0.15, 0.2) is 36.3 Å². The smallest absolute Gasteiger partial charge is 0.0179 e. The third kappa shape index (κ3) is 2.98. The van der Waals surface area contributed by atoms with Gasteiger partial charge in [-0.1, -0.05) is 32.2 Å². The minimum Gasteiger partial charge on any atom is -0.120 e. The number of hydrogen-bond acceptors (Lipinski definition) is 1. The highest BCUT2D eigenvalue weighted by Gasteiger charge is 2.38. The maximum absolute atomic E-state index is 3.95. The second kappa shape index (κ2) is 3.31. The van der Waals surface area contributed by atoms with E-state index >= 15 is 0 Å². The molecule has 0 radical (unpaired) electrons.